The summed E-state index contributed by atoms with van der Waals surface area (Å²) in [6.07, 6.45) is -0.538. The second-order valence-corrected chi connectivity index (χ2v) is 9.64. The highest BCUT2D eigenvalue weighted by molar-refractivity contribution is 5.86. The molecular weight excluding hydrogens is 482 g/mol. The van der Waals surface area contributed by atoms with Crippen molar-refractivity contribution in [2.75, 3.05) is 31.6 Å². The number of hydrogen-bond donors (Lipinski definition) is 4. The predicted molar refractivity (Wildman–Crippen MR) is 151 cm³/mol. The average Bonchev–Trinajstić information content (AvgIpc) is 2.92. The number of alkyl carbamates (subject to hydrolysis) is 1. The van der Waals surface area contributed by atoms with E-state index in [4.69, 9.17) is 10.6 Å². The van der Waals surface area contributed by atoms with E-state index in [0.29, 0.717) is 19.4 Å². The van der Waals surface area contributed by atoms with Gasteiger partial charge >= 0.3 is 6.09 Å². The van der Waals surface area contributed by atoms with Crippen molar-refractivity contribution in [3.63, 3.8) is 0 Å². The van der Waals surface area contributed by atoms with Crippen LogP contribution in [0.4, 0.5) is 10.5 Å². The molecule has 5 N–H and O–H groups in total. The molecule has 2 unspecified atom stereocenters. The lowest BCUT2D eigenvalue weighted by Crippen LogP contribution is -2.57. The second-order valence-electron chi connectivity index (χ2n) is 9.64. The first-order valence-corrected chi connectivity index (χ1v) is 13.4. The number of nitrogens with one attached hydrogen (secondary N) is 2. The third-order valence-corrected chi connectivity index (χ3v) is 6.92. The van der Waals surface area contributed by atoms with E-state index in [2.05, 4.69) is 41.5 Å². The van der Waals surface area contributed by atoms with Gasteiger partial charge < -0.3 is 25.4 Å². The second kappa shape index (κ2) is 16.0. The number of benzene rings is 2. The molecule has 0 aliphatic rings. The average molecular weight is 528 g/mol. The summed E-state index contributed by atoms with van der Waals surface area (Å²) < 4.78 is 4.71. The summed E-state index contributed by atoms with van der Waals surface area (Å²) >= 11 is 0. The molecule has 4 atom stereocenters. The minimum atomic E-state index is -0.949. The Morgan fingerprint density at radius 2 is 1.61 bits per heavy atom. The summed E-state index contributed by atoms with van der Waals surface area (Å²) in [6.45, 7) is 10.6. The molecule has 2 aromatic carbocycles. The quantitative estimate of drug-likeness (QED) is 0.208. The van der Waals surface area contributed by atoms with Crippen LogP contribution >= 0.6 is 0 Å². The maximum Gasteiger partial charge on any atom is 0.407 e. The summed E-state index contributed by atoms with van der Waals surface area (Å²) in [4.78, 5) is 27.4. The maximum atomic E-state index is 13.3. The Labute approximate surface area is 227 Å². The van der Waals surface area contributed by atoms with Crippen LogP contribution in [0.2, 0.25) is 0 Å². The number of carbonyl (C=O) groups is 2. The first kappa shape index (κ1) is 31.1. The van der Waals surface area contributed by atoms with Crippen molar-refractivity contribution in [3.8, 4) is 0 Å². The third-order valence-electron chi connectivity index (χ3n) is 6.92. The Bertz CT molecular complexity index is 969. The monoisotopic (exact) mass is 527 g/mol. The number of aliphatic hydroxyl groups excluding tert-OH is 1. The Morgan fingerprint density at radius 3 is 2.16 bits per heavy atom. The van der Waals surface area contributed by atoms with Crippen molar-refractivity contribution in [1.29, 1.82) is 0 Å². The number of ether oxygens (including phenoxy) is 1. The van der Waals surface area contributed by atoms with Crippen LogP contribution in [0.15, 0.2) is 54.6 Å². The number of hydrogen-bond acceptors (Lipinski definition) is 7. The highest BCUT2D eigenvalue weighted by Gasteiger charge is 2.30. The van der Waals surface area contributed by atoms with Crippen LogP contribution in [0.25, 0.3) is 0 Å². The Hall–Kier alpha value is -3.14. The lowest BCUT2D eigenvalue weighted by molar-refractivity contribution is -0.126. The molecule has 0 aliphatic heterocycles. The zero-order valence-electron chi connectivity index (χ0n) is 23.4. The topological polar surface area (TPSA) is 120 Å². The van der Waals surface area contributed by atoms with Crippen LogP contribution < -0.4 is 21.4 Å². The van der Waals surface area contributed by atoms with Gasteiger partial charge in [-0.25, -0.2) is 9.80 Å². The summed E-state index contributed by atoms with van der Waals surface area (Å²) in [6, 6.07) is 16.5. The van der Waals surface area contributed by atoms with Gasteiger partial charge in [0.05, 0.1) is 19.3 Å². The van der Waals surface area contributed by atoms with Crippen LogP contribution in [0.3, 0.4) is 0 Å². The fourth-order valence-corrected chi connectivity index (χ4v) is 4.38. The zero-order valence-corrected chi connectivity index (χ0v) is 23.4. The van der Waals surface area contributed by atoms with Gasteiger partial charge in [-0.1, -0.05) is 62.7 Å². The highest BCUT2D eigenvalue weighted by atomic mass is 16.5. The van der Waals surface area contributed by atoms with Crippen LogP contribution in [-0.2, 0) is 22.5 Å². The van der Waals surface area contributed by atoms with Crippen molar-refractivity contribution in [2.24, 2.45) is 11.8 Å². The Morgan fingerprint density at radius 1 is 0.974 bits per heavy atom. The molecule has 9 heteroatoms. The third kappa shape index (κ3) is 9.63. The molecule has 0 spiro atoms. The van der Waals surface area contributed by atoms with E-state index in [1.54, 1.807) is 5.01 Å². The molecule has 2 rings (SSSR count). The summed E-state index contributed by atoms with van der Waals surface area (Å²) in [5.74, 6) is 5.80. The van der Waals surface area contributed by atoms with Gasteiger partial charge in [-0.2, -0.15) is 0 Å². The number of aliphatic hydroxyl groups is 1. The molecule has 0 heterocycles. The van der Waals surface area contributed by atoms with Crippen LogP contribution in [0, 0.1) is 5.92 Å². The van der Waals surface area contributed by atoms with Crippen LogP contribution in [-0.4, -0.2) is 67.0 Å². The Kier molecular flexibility index (Phi) is 13.1. The molecule has 38 heavy (non-hydrogen) atoms. The maximum absolute atomic E-state index is 13.3. The first-order chi connectivity index (χ1) is 18.2. The van der Waals surface area contributed by atoms with Gasteiger partial charge in [0.2, 0.25) is 5.91 Å². The number of anilines is 1. The summed E-state index contributed by atoms with van der Waals surface area (Å²) in [5.41, 5.74) is 3.15. The molecule has 0 aliphatic carbocycles. The molecule has 9 nitrogen and oxygen atoms in total. The van der Waals surface area contributed by atoms with E-state index >= 15 is 0 Å². The molecule has 210 valence electrons. The Balaban J connectivity index is 2.13. The van der Waals surface area contributed by atoms with Gasteiger partial charge in [0, 0.05) is 31.9 Å². The van der Waals surface area contributed by atoms with E-state index in [-0.39, 0.29) is 18.4 Å². The molecule has 0 saturated carbocycles. The van der Waals surface area contributed by atoms with Crippen molar-refractivity contribution in [2.45, 2.75) is 65.3 Å². The van der Waals surface area contributed by atoms with Crippen LogP contribution in [0.1, 0.15) is 45.2 Å². The van der Waals surface area contributed by atoms with E-state index in [9.17, 15) is 14.7 Å². The zero-order chi connectivity index (χ0) is 28.1. The molecule has 2 aromatic rings. The lowest BCUT2D eigenvalue weighted by Gasteiger charge is -2.30. The molecule has 0 fully saturated rings. The van der Waals surface area contributed by atoms with Gasteiger partial charge in [0.1, 0.15) is 6.04 Å². The fraction of sp³-hybridized carbons (Fsp3) is 0.517. The van der Waals surface area contributed by atoms with E-state index in [0.717, 1.165) is 29.9 Å². The van der Waals surface area contributed by atoms with Gasteiger partial charge in [0.25, 0.3) is 0 Å². The molecule has 0 aromatic heterocycles. The molecule has 2 amide bonds. The van der Waals surface area contributed by atoms with E-state index in [1.807, 2.05) is 56.3 Å². The van der Waals surface area contributed by atoms with Crippen molar-refractivity contribution in [1.82, 2.24) is 15.6 Å². The van der Waals surface area contributed by atoms with Crippen molar-refractivity contribution in [3.05, 3.63) is 65.7 Å². The predicted octanol–water partition coefficient (Wildman–Crippen LogP) is 3.07. The molecule has 0 saturated heterocycles. The largest absolute Gasteiger partial charge is 0.453 e. The molecule has 0 bridgehead atoms. The highest BCUT2D eigenvalue weighted by Crippen LogP contribution is 2.16. The van der Waals surface area contributed by atoms with Crippen molar-refractivity contribution >= 4 is 17.7 Å². The first-order valence-electron chi connectivity index (χ1n) is 13.4. The van der Waals surface area contributed by atoms with E-state index < -0.39 is 24.3 Å². The van der Waals surface area contributed by atoms with Gasteiger partial charge in [0.15, 0.2) is 0 Å². The lowest BCUT2D eigenvalue weighted by atomic mass is 9.96. The van der Waals surface area contributed by atoms with E-state index in [1.165, 1.54) is 7.11 Å². The van der Waals surface area contributed by atoms with Gasteiger partial charge in [-0.15, -0.1) is 0 Å². The standard InChI is InChI=1S/C29H45N5O4/c1-6-21(4)27(32-29(37)38-5)28(36)31-25(18-22-12-10-9-11-13-22)26(35)20-34(30)19-23-14-16-24(17-15-23)33(7-2)8-3/h9-17,21,25-27,35H,6-8,18-20,30H2,1-5H3,(H,31,36)(H,32,37)/t21-,25?,26?,27-/m0/s1. The minimum absolute atomic E-state index is 0.131. The normalized spacial score (nSPS) is 14.3. The number of nitrogens with two attached hydrogens (primary N) is 1. The minimum Gasteiger partial charge on any atom is -0.453 e. The number of rotatable bonds is 15. The number of hydrazine groups is 1. The summed E-state index contributed by atoms with van der Waals surface area (Å²) in [5, 5.41) is 18.3. The number of nitrogens with zero attached hydrogens (tertiary/aromatic N) is 2. The van der Waals surface area contributed by atoms with Gasteiger partial charge in [-0.05, 0) is 49.4 Å². The fourth-order valence-electron chi connectivity index (χ4n) is 4.38. The SMILES string of the molecule is CC[C@H](C)[C@H](NC(=O)OC)C(=O)NC(Cc1ccccc1)C(O)CN(N)Cc1ccc(N(CC)CC)cc1. The molecular formula is C29H45N5O4. The number of methoxy groups -OCH3 is 1. The summed E-state index contributed by atoms with van der Waals surface area (Å²) in [7, 11) is 1.26. The smallest absolute Gasteiger partial charge is 0.407 e. The molecule has 0 radical (unpaired) electrons. The van der Waals surface area contributed by atoms with Gasteiger partial charge in [-0.3, -0.25) is 10.6 Å². The van der Waals surface area contributed by atoms with Crippen LogP contribution in [0.5, 0.6) is 0 Å². The number of carbonyl (C=O) groups excluding carboxylic acids is 2. The van der Waals surface area contributed by atoms with Crippen molar-refractivity contribution < 1.29 is 19.4 Å². The number of amides is 2.